The standard InChI is InChI=1S/C52H34F6N2/c53-51(54,55)37-27-23-35(24-28-37)48-44-19-10-11-20-45(44)49(36-25-29-38(30-26-36)52(56,57)58)50-46(48)21-12-22-47(50)60(41-17-8-3-9-18-41)43-33-31-42(32-34-43)59(39-13-4-1-5-14-39)40-15-6-2-7-16-40/h1-34H. The number of alkyl halides is 6. The predicted molar refractivity (Wildman–Crippen MR) is 232 cm³/mol. The van der Waals surface area contributed by atoms with Gasteiger partial charge < -0.3 is 9.80 Å². The molecule has 0 amide bonds. The zero-order valence-electron chi connectivity index (χ0n) is 31.8. The maximum atomic E-state index is 13.9. The third-order valence-electron chi connectivity index (χ3n) is 10.7. The molecule has 0 aliphatic carbocycles. The van der Waals surface area contributed by atoms with Crippen LogP contribution in [0.25, 0.3) is 43.8 Å². The molecule has 0 atom stereocenters. The van der Waals surface area contributed by atoms with Crippen molar-refractivity contribution < 1.29 is 26.3 Å². The van der Waals surface area contributed by atoms with E-state index in [0.29, 0.717) is 27.6 Å². The van der Waals surface area contributed by atoms with Crippen molar-refractivity contribution in [3.8, 4) is 22.3 Å². The zero-order chi connectivity index (χ0) is 41.4. The van der Waals surface area contributed by atoms with Crippen LogP contribution in [0, 0.1) is 0 Å². The summed E-state index contributed by atoms with van der Waals surface area (Å²) in [6.07, 6.45) is -9.06. The minimum atomic E-state index is -4.53. The number of rotatable bonds is 8. The van der Waals surface area contributed by atoms with Crippen molar-refractivity contribution in [2.24, 2.45) is 0 Å². The fourth-order valence-corrected chi connectivity index (χ4v) is 8.02. The van der Waals surface area contributed by atoms with Crippen molar-refractivity contribution in [2.75, 3.05) is 9.80 Å². The molecule has 0 radical (unpaired) electrons. The van der Waals surface area contributed by atoms with Crippen LogP contribution < -0.4 is 9.80 Å². The second-order valence-electron chi connectivity index (χ2n) is 14.3. The molecular formula is C52H34F6N2. The molecule has 0 aliphatic rings. The molecule has 294 valence electrons. The summed E-state index contributed by atoms with van der Waals surface area (Å²) < 4.78 is 83.1. The lowest BCUT2D eigenvalue weighted by atomic mass is 9.84. The van der Waals surface area contributed by atoms with Gasteiger partial charge in [-0.05, 0) is 129 Å². The summed E-state index contributed by atoms with van der Waals surface area (Å²) in [5.74, 6) is 0. The van der Waals surface area contributed by atoms with Gasteiger partial charge in [-0.1, -0.05) is 115 Å². The number of benzene rings is 9. The predicted octanol–water partition coefficient (Wildman–Crippen LogP) is 16.3. The summed E-state index contributed by atoms with van der Waals surface area (Å²) in [7, 11) is 0. The molecule has 9 rings (SSSR count). The van der Waals surface area contributed by atoms with E-state index in [2.05, 4.69) is 46.2 Å². The molecule has 8 heteroatoms. The first-order valence-electron chi connectivity index (χ1n) is 19.2. The molecule has 0 saturated carbocycles. The van der Waals surface area contributed by atoms with Crippen molar-refractivity contribution in [1.82, 2.24) is 0 Å². The van der Waals surface area contributed by atoms with E-state index < -0.39 is 23.5 Å². The lowest BCUT2D eigenvalue weighted by molar-refractivity contribution is -0.138. The van der Waals surface area contributed by atoms with Gasteiger partial charge in [0.25, 0.3) is 0 Å². The van der Waals surface area contributed by atoms with Crippen molar-refractivity contribution in [2.45, 2.75) is 12.4 Å². The van der Waals surface area contributed by atoms with Crippen LogP contribution in [0.3, 0.4) is 0 Å². The summed E-state index contributed by atoms with van der Waals surface area (Å²) in [5, 5.41) is 2.91. The average molecular weight is 801 g/mol. The molecule has 2 nitrogen and oxygen atoms in total. The quantitative estimate of drug-likeness (QED) is 0.112. The molecule has 0 spiro atoms. The lowest BCUT2D eigenvalue weighted by Crippen LogP contribution is -2.12. The molecule has 0 aromatic heterocycles. The first kappa shape index (κ1) is 38.2. The van der Waals surface area contributed by atoms with Crippen LogP contribution in [0.15, 0.2) is 206 Å². The van der Waals surface area contributed by atoms with Crippen molar-refractivity contribution in [3.63, 3.8) is 0 Å². The smallest absolute Gasteiger partial charge is 0.311 e. The molecule has 9 aromatic carbocycles. The molecule has 9 aromatic rings. The van der Waals surface area contributed by atoms with Crippen LogP contribution in [0.4, 0.5) is 60.5 Å². The van der Waals surface area contributed by atoms with Crippen LogP contribution in [0.1, 0.15) is 11.1 Å². The van der Waals surface area contributed by atoms with Gasteiger partial charge in [-0.3, -0.25) is 0 Å². The third kappa shape index (κ3) is 7.21. The molecule has 0 N–H and O–H groups in total. The number of halogens is 6. The zero-order valence-corrected chi connectivity index (χ0v) is 31.8. The fraction of sp³-hybridized carbons (Fsp3) is 0.0385. The highest BCUT2D eigenvalue weighted by atomic mass is 19.4. The monoisotopic (exact) mass is 800 g/mol. The summed E-state index contributed by atoms with van der Waals surface area (Å²) in [6.45, 7) is 0. The minimum absolute atomic E-state index is 0.556. The second kappa shape index (κ2) is 15.5. The Labute approximate surface area is 342 Å². The Morgan fingerprint density at radius 3 is 1.08 bits per heavy atom. The molecular weight excluding hydrogens is 767 g/mol. The number of para-hydroxylation sites is 3. The highest BCUT2D eigenvalue weighted by Crippen LogP contribution is 2.50. The molecule has 0 unspecified atom stereocenters. The van der Waals surface area contributed by atoms with Crippen LogP contribution in [0.5, 0.6) is 0 Å². The lowest BCUT2D eigenvalue weighted by Gasteiger charge is -2.30. The third-order valence-corrected chi connectivity index (χ3v) is 10.7. The number of hydrogen-bond donors (Lipinski definition) is 0. The number of hydrogen-bond acceptors (Lipinski definition) is 2. The van der Waals surface area contributed by atoms with E-state index >= 15 is 0 Å². The normalized spacial score (nSPS) is 11.8. The Balaban J connectivity index is 1.32. The van der Waals surface area contributed by atoms with E-state index in [1.165, 1.54) is 24.3 Å². The van der Waals surface area contributed by atoms with Gasteiger partial charge in [0.05, 0.1) is 16.8 Å². The largest absolute Gasteiger partial charge is 0.416 e. The second-order valence-corrected chi connectivity index (χ2v) is 14.3. The van der Waals surface area contributed by atoms with Gasteiger partial charge in [-0.2, -0.15) is 26.3 Å². The highest BCUT2D eigenvalue weighted by molar-refractivity contribution is 6.25. The molecule has 0 bridgehead atoms. The Kier molecular flexibility index (Phi) is 9.84. The van der Waals surface area contributed by atoms with Crippen molar-refractivity contribution in [3.05, 3.63) is 217 Å². The highest BCUT2D eigenvalue weighted by Gasteiger charge is 2.32. The van der Waals surface area contributed by atoms with Gasteiger partial charge in [-0.25, -0.2) is 0 Å². The summed E-state index contributed by atoms with van der Waals surface area (Å²) in [5.41, 5.74) is 6.22. The van der Waals surface area contributed by atoms with E-state index in [1.54, 1.807) is 0 Å². The van der Waals surface area contributed by atoms with Crippen LogP contribution >= 0.6 is 0 Å². The van der Waals surface area contributed by atoms with E-state index in [-0.39, 0.29) is 0 Å². The number of fused-ring (bicyclic) bond motifs is 2. The van der Waals surface area contributed by atoms with Crippen LogP contribution in [-0.2, 0) is 12.4 Å². The number of nitrogens with zero attached hydrogens (tertiary/aromatic N) is 2. The van der Waals surface area contributed by atoms with E-state index in [1.807, 2.05) is 121 Å². The Bertz CT molecular complexity index is 2870. The Morgan fingerprint density at radius 1 is 0.283 bits per heavy atom. The van der Waals surface area contributed by atoms with Gasteiger partial charge >= 0.3 is 12.4 Å². The minimum Gasteiger partial charge on any atom is -0.311 e. The molecule has 0 aliphatic heterocycles. The van der Waals surface area contributed by atoms with E-state index in [0.717, 1.165) is 74.5 Å². The topological polar surface area (TPSA) is 6.48 Å². The number of anilines is 6. The Morgan fingerprint density at radius 2 is 0.633 bits per heavy atom. The van der Waals surface area contributed by atoms with E-state index in [9.17, 15) is 26.3 Å². The molecule has 60 heavy (non-hydrogen) atoms. The van der Waals surface area contributed by atoms with Gasteiger partial charge in [-0.15, -0.1) is 0 Å². The Hall–Kier alpha value is -7.32. The summed E-state index contributed by atoms with van der Waals surface area (Å²) >= 11 is 0. The molecule has 0 heterocycles. The van der Waals surface area contributed by atoms with E-state index in [4.69, 9.17) is 0 Å². The fourth-order valence-electron chi connectivity index (χ4n) is 8.02. The van der Waals surface area contributed by atoms with Gasteiger partial charge in [0.1, 0.15) is 0 Å². The maximum absolute atomic E-state index is 13.9. The molecule has 0 saturated heterocycles. The van der Waals surface area contributed by atoms with Crippen LogP contribution in [-0.4, -0.2) is 0 Å². The van der Waals surface area contributed by atoms with Gasteiger partial charge in [0, 0.05) is 33.8 Å². The van der Waals surface area contributed by atoms with Crippen molar-refractivity contribution in [1.29, 1.82) is 0 Å². The van der Waals surface area contributed by atoms with Gasteiger partial charge in [0.2, 0.25) is 0 Å². The van der Waals surface area contributed by atoms with Crippen molar-refractivity contribution >= 4 is 55.7 Å². The first-order valence-corrected chi connectivity index (χ1v) is 19.2. The maximum Gasteiger partial charge on any atom is 0.416 e. The van der Waals surface area contributed by atoms with Crippen LogP contribution in [0.2, 0.25) is 0 Å². The molecule has 0 fully saturated rings. The average Bonchev–Trinajstić information content (AvgIpc) is 3.27. The summed E-state index contributed by atoms with van der Waals surface area (Å²) in [6, 6.07) is 61.7. The van der Waals surface area contributed by atoms with Gasteiger partial charge in [0.15, 0.2) is 0 Å². The summed E-state index contributed by atoms with van der Waals surface area (Å²) in [4.78, 5) is 4.28. The first-order chi connectivity index (χ1) is 29.1. The SMILES string of the molecule is FC(F)(F)c1ccc(-c2c3ccccc3c(-c3ccc(C(F)(F)F)cc3)c3c(N(c4ccccc4)c4ccc(N(c5ccccc5)c5ccccc5)cc4)cccc23)cc1.